The van der Waals surface area contributed by atoms with E-state index in [-0.39, 0.29) is 18.4 Å². The topological polar surface area (TPSA) is 29.1 Å². The van der Waals surface area contributed by atoms with E-state index in [1.54, 1.807) is 0 Å². The molecular formula is C14H17F2NO. The molecule has 2 atom stereocenters. The second kappa shape index (κ2) is 5.46. The van der Waals surface area contributed by atoms with Crippen LogP contribution in [0.2, 0.25) is 0 Å². The summed E-state index contributed by atoms with van der Waals surface area (Å²) in [5, 5.41) is 2.94. The third-order valence-electron chi connectivity index (χ3n) is 3.41. The molecule has 1 N–H and O–H groups in total. The number of carbonyl (C=O) groups is 1. The molecule has 0 aliphatic heterocycles. The van der Waals surface area contributed by atoms with Gasteiger partial charge >= 0.3 is 0 Å². The first-order valence-electron chi connectivity index (χ1n) is 6.28. The van der Waals surface area contributed by atoms with Crippen molar-refractivity contribution in [2.75, 3.05) is 0 Å². The highest BCUT2D eigenvalue weighted by molar-refractivity contribution is 5.78. The number of carbonyl (C=O) groups excluding carboxylic acids is 1. The van der Waals surface area contributed by atoms with Gasteiger partial charge < -0.3 is 5.32 Å². The van der Waals surface area contributed by atoms with Gasteiger partial charge in [-0.25, -0.2) is 8.78 Å². The summed E-state index contributed by atoms with van der Waals surface area (Å²) in [5.41, 5.74) is 0.498. The summed E-state index contributed by atoms with van der Waals surface area (Å²) in [5.74, 6) is -1.27. The fraction of sp³-hybridized carbons (Fsp3) is 0.500. The molecule has 1 aliphatic rings. The molecule has 2 rings (SSSR count). The van der Waals surface area contributed by atoms with Crippen LogP contribution in [-0.2, 0) is 11.2 Å². The molecule has 0 aromatic heterocycles. The van der Waals surface area contributed by atoms with E-state index in [0.717, 1.165) is 31.4 Å². The maximum absolute atomic E-state index is 13.0. The zero-order valence-corrected chi connectivity index (χ0v) is 10.4. The lowest BCUT2D eigenvalue weighted by atomic mass is 10.1. The molecule has 1 aliphatic carbocycles. The third kappa shape index (κ3) is 3.28. The smallest absolute Gasteiger partial charge is 0.224 e. The van der Waals surface area contributed by atoms with Crippen molar-refractivity contribution in [2.24, 2.45) is 5.92 Å². The van der Waals surface area contributed by atoms with E-state index in [4.69, 9.17) is 0 Å². The van der Waals surface area contributed by atoms with E-state index >= 15 is 0 Å². The Balaban J connectivity index is 1.89. The number of benzene rings is 1. The van der Waals surface area contributed by atoms with E-state index in [1.165, 1.54) is 6.07 Å². The first-order chi connectivity index (χ1) is 8.54. The number of halogens is 2. The molecule has 4 heteroatoms. The molecule has 1 aromatic rings. The van der Waals surface area contributed by atoms with Crippen LogP contribution in [0.15, 0.2) is 18.2 Å². The molecule has 1 fully saturated rings. The summed E-state index contributed by atoms with van der Waals surface area (Å²) in [4.78, 5) is 11.7. The van der Waals surface area contributed by atoms with Crippen LogP contribution in [0.25, 0.3) is 0 Å². The van der Waals surface area contributed by atoms with Crippen LogP contribution < -0.4 is 5.32 Å². The van der Waals surface area contributed by atoms with Crippen molar-refractivity contribution < 1.29 is 13.6 Å². The molecule has 2 nitrogen and oxygen atoms in total. The van der Waals surface area contributed by atoms with Gasteiger partial charge in [0.2, 0.25) is 5.91 Å². The van der Waals surface area contributed by atoms with Crippen molar-refractivity contribution in [3.05, 3.63) is 35.4 Å². The van der Waals surface area contributed by atoms with Gasteiger partial charge in [0.25, 0.3) is 0 Å². The van der Waals surface area contributed by atoms with E-state index in [1.807, 2.05) is 0 Å². The fourth-order valence-electron chi connectivity index (χ4n) is 2.45. The van der Waals surface area contributed by atoms with Crippen LogP contribution >= 0.6 is 0 Å². The highest BCUT2D eigenvalue weighted by atomic mass is 19.2. The quantitative estimate of drug-likeness (QED) is 0.881. The van der Waals surface area contributed by atoms with Gasteiger partial charge in [-0.1, -0.05) is 13.0 Å². The summed E-state index contributed by atoms with van der Waals surface area (Å²) in [6.07, 6.45) is 3.24. The minimum absolute atomic E-state index is 0.0993. The highest BCUT2D eigenvalue weighted by Crippen LogP contribution is 2.24. The molecule has 98 valence electrons. The molecule has 1 saturated carbocycles. The average molecular weight is 253 g/mol. The number of hydrogen-bond acceptors (Lipinski definition) is 1. The van der Waals surface area contributed by atoms with Gasteiger partial charge in [-0.3, -0.25) is 4.79 Å². The summed E-state index contributed by atoms with van der Waals surface area (Å²) < 4.78 is 25.7. The zero-order valence-electron chi connectivity index (χ0n) is 10.4. The first-order valence-corrected chi connectivity index (χ1v) is 6.28. The van der Waals surface area contributed by atoms with Gasteiger partial charge in [0, 0.05) is 6.04 Å². The van der Waals surface area contributed by atoms with Crippen molar-refractivity contribution in [1.29, 1.82) is 0 Å². The molecule has 2 unspecified atom stereocenters. The standard InChI is InChI=1S/C14H17F2NO/c1-9-2-4-11(6-9)17-14(18)8-10-3-5-12(15)13(16)7-10/h3,5,7,9,11H,2,4,6,8H2,1H3,(H,17,18). The lowest BCUT2D eigenvalue weighted by Crippen LogP contribution is -2.34. The van der Waals surface area contributed by atoms with Gasteiger partial charge in [-0.05, 0) is 42.9 Å². The van der Waals surface area contributed by atoms with Gasteiger partial charge in [0.1, 0.15) is 0 Å². The second-order valence-electron chi connectivity index (χ2n) is 5.11. The Morgan fingerprint density at radius 3 is 2.72 bits per heavy atom. The minimum atomic E-state index is -0.908. The fourth-order valence-corrected chi connectivity index (χ4v) is 2.45. The van der Waals surface area contributed by atoms with E-state index in [0.29, 0.717) is 11.5 Å². The molecule has 0 radical (unpaired) electrons. The summed E-state index contributed by atoms with van der Waals surface area (Å²) in [6.45, 7) is 2.17. The average Bonchev–Trinajstić information content (AvgIpc) is 2.69. The van der Waals surface area contributed by atoms with Crippen molar-refractivity contribution >= 4 is 5.91 Å². The first kappa shape index (κ1) is 13.0. The minimum Gasteiger partial charge on any atom is -0.353 e. The second-order valence-corrected chi connectivity index (χ2v) is 5.11. The molecule has 0 spiro atoms. The largest absolute Gasteiger partial charge is 0.353 e. The predicted molar refractivity (Wildman–Crippen MR) is 65.0 cm³/mol. The Morgan fingerprint density at radius 1 is 1.33 bits per heavy atom. The van der Waals surface area contributed by atoms with Crippen LogP contribution in [0, 0.1) is 17.6 Å². The normalized spacial score (nSPS) is 23.1. The van der Waals surface area contributed by atoms with E-state index < -0.39 is 11.6 Å². The van der Waals surface area contributed by atoms with Crippen molar-refractivity contribution in [3.63, 3.8) is 0 Å². The number of nitrogens with one attached hydrogen (secondary N) is 1. The Hall–Kier alpha value is -1.45. The van der Waals surface area contributed by atoms with Crippen LogP contribution in [0.1, 0.15) is 31.7 Å². The maximum Gasteiger partial charge on any atom is 0.224 e. The predicted octanol–water partition coefficient (Wildman–Crippen LogP) is 2.81. The van der Waals surface area contributed by atoms with Crippen molar-refractivity contribution in [3.8, 4) is 0 Å². The van der Waals surface area contributed by atoms with Crippen molar-refractivity contribution in [2.45, 2.75) is 38.6 Å². The Kier molecular flexibility index (Phi) is 3.94. The number of amides is 1. The van der Waals surface area contributed by atoms with Gasteiger partial charge in [-0.2, -0.15) is 0 Å². The van der Waals surface area contributed by atoms with Crippen LogP contribution in [0.5, 0.6) is 0 Å². The van der Waals surface area contributed by atoms with Gasteiger partial charge in [-0.15, -0.1) is 0 Å². The molecule has 0 bridgehead atoms. The van der Waals surface area contributed by atoms with Gasteiger partial charge in [0.05, 0.1) is 6.42 Å². The molecule has 18 heavy (non-hydrogen) atoms. The van der Waals surface area contributed by atoms with Crippen LogP contribution in [-0.4, -0.2) is 11.9 Å². The Labute approximate surface area is 105 Å². The number of hydrogen-bond donors (Lipinski definition) is 1. The maximum atomic E-state index is 13.0. The summed E-state index contributed by atoms with van der Waals surface area (Å²) >= 11 is 0. The summed E-state index contributed by atoms with van der Waals surface area (Å²) in [6, 6.07) is 3.80. The SMILES string of the molecule is CC1CCC(NC(=O)Cc2ccc(F)c(F)c2)C1. The molecule has 1 aromatic carbocycles. The third-order valence-corrected chi connectivity index (χ3v) is 3.41. The number of rotatable bonds is 3. The van der Waals surface area contributed by atoms with Gasteiger partial charge in [0.15, 0.2) is 11.6 Å². The van der Waals surface area contributed by atoms with Crippen molar-refractivity contribution in [1.82, 2.24) is 5.32 Å². The molecular weight excluding hydrogens is 236 g/mol. The Morgan fingerprint density at radius 2 is 2.11 bits per heavy atom. The van der Waals surface area contributed by atoms with E-state index in [2.05, 4.69) is 12.2 Å². The lowest BCUT2D eigenvalue weighted by molar-refractivity contribution is -0.121. The molecule has 0 heterocycles. The molecule has 1 amide bonds. The Bertz CT molecular complexity index is 447. The molecule has 0 saturated heterocycles. The summed E-state index contributed by atoms with van der Waals surface area (Å²) in [7, 11) is 0. The monoisotopic (exact) mass is 253 g/mol. The van der Waals surface area contributed by atoms with Crippen LogP contribution in [0.3, 0.4) is 0 Å². The lowest BCUT2D eigenvalue weighted by Gasteiger charge is -2.12. The highest BCUT2D eigenvalue weighted by Gasteiger charge is 2.22. The zero-order chi connectivity index (χ0) is 13.1. The van der Waals surface area contributed by atoms with E-state index in [9.17, 15) is 13.6 Å². The van der Waals surface area contributed by atoms with Crippen LogP contribution in [0.4, 0.5) is 8.78 Å².